The third kappa shape index (κ3) is 5.61. The van der Waals surface area contributed by atoms with Crippen LogP contribution in [0, 0.1) is 0 Å². The third-order valence-corrected chi connectivity index (χ3v) is 3.82. The molecule has 0 spiro atoms. The minimum Gasteiger partial charge on any atom is -0.492 e. The molecule has 2 aromatic rings. The fraction of sp³-hybridized carbons (Fsp3) is 0.350. The summed E-state index contributed by atoms with van der Waals surface area (Å²) in [4.78, 5) is 13.9. The van der Waals surface area contributed by atoms with Gasteiger partial charge in [-0.15, -0.1) is 0 Å². The average molecular weight is 326 g/mol. The van der Waals surface area contributed by atoms with Crippen LogP contribution in [0.5, 0.6) is 5.75 Å². The average Bonchev–Trinajstić information content (AvgIpc) is 2.60. The molecule has 2 rings (SSSR count). The van der Waals surface area contributed by atoms with E-state index in [1.807, 2.05) is 54.4 Å². The van der Waals surface area contributed by atoms with Crippen LogP contribution in [0.2, 0.25) is 0 Å². The Kier molecular flexibility index (Phi) is 6.67. The zero-order valence-corrected chi connectivity index (χ0v) is 14.7. The smallest absolute Gasteiger partial charge is 0.239 e. The van der Waals surface area contributed by atoms with E-state index in [1.54, 1.807) is 0 Å². The Hall–Kier alpha value is -2.49. The molecule has 0 aliphatic carbocycles. The summed E-state index contributed by atoms with van der Waals surface area (Å²) in [7, 11) is 1.90. The van der Waals surface area contributed by atoms with Crippen molar-refractivity contribution in [2.24, 2.45) is 0 Å². The van der Waals surface area contributed by atoms with Crippen molar-refractivity contribution in [1.82, 2.24) is 5.32 Å². The number of amides is 1. The quantitative estimate of drug-likeness (QED) is 0.756. The van der Waals surface area contributed by atoms with Crippen LogP contribution in [-0.2, 0) is 4.79 Å². The monoisotopic (exact) mass is 326 g/mol. The molecule has 0 saturated carbocycles. The van der Waals surface area contributed by atoms with Crippen molar-refractivity contribution in [2.75, 3.05) is 31.6 Å². The molecule has 24 heavy (non-hydrogen) atoms. The highest BCUT2D eigenvalue weighted by Crippen LogP contribution is 2.18. The minimum atomic E-state index is -0.0138. The van der Waals surface area contributed by atoms with Crippen LogP contribution in [0.4, 0.5) is 5.69 Å². The van der Waals surface area contributed by atoms with E-state index in [2.05, 4.69) is 31.3 Å². The highest BCUT2D eigenvalue weighted by molar-refractivity contribution is 5.81. The molecule has 128 valence electrons. The van der Waals surface area contributed by atoms with Gasteiger partial charge in [0.25, 0.3) is 0 Å². The zero-order chi connectivity index (χ0) is 17.4. The number of carbonyl (C=O) groups excluding carboxylic acids is 1. The van der Waals surface area contributed by atoms with Crippen molar-refractivity contribution in [3.63, 3.8) is 0 Å². The van der Waals surface area contributed by atoms with Gasteiger partial charge in [0.15, 0.2) is 0 Å². The van der Waals surface area contributed by atoms with Crippen molar-refractivity contribution >= 4 is 11.6 Å². The summed E-state index contributed by atoms with van der Waals surface area (Å²) >= 11 is 0. The largest absolute Gasteiger partial charge is 0.492 e. The number of anilines is 1. The molecule has 0 heterocycles. The van der Waals surface area contributed by atoms with Crippen LogP contribution in [0.3, 0.4) is 0 Å². The number of likely N-dealkylation sites (N-methyl/N-ethyl adjacent to an activating group) is 1. The number of benzene rings is 2. The standard InChI is InChI=1S/C20H26N2O2/c1-16(2)17-9-11-19(12-10-17)24-14-13-21-20(23)15-22(3)18-7-5-4-6-8-18/h4-12,16H,13-15H2,1-3H3,(H,21,23). The van der Waals surface area contributed by atoms with Gasteiger partial charge in [-0.25, -0.2) is 0 Å². The normalized spacial score (nSPS) is 10.5. The van der Waals surface area contributed by atoms with E-state index < -0.39 is 0 Å². The summed E-state index contributed by atoms with van der Waals surface area (Å²) < 4.78 is 5.65. The van der Waals surface area contributed by atoms with Crippen LogP contribution >= 0.6 is 0 Å². The van der Waals surface area contributed by atoms with E-state index in [4.69, 9.17) is 4.74 Å². The molecule has 1 N–H and O–H groups in total. The maximum atomic E-state index is 11.9. The van der Waals surface area contributed by atoms with Crippen LogP contribution in [0.15, 0.2) is 54.6 Å². The first kappa shape index (κ1) is 17.9. The predicted octanol–water partition coefficient (Wildman–Crippen LogP) is 3.44. The minimum absolute atomic E-state index is 0.0138. The van der Waals surface area contributed by atoms with Crippen molar-refractivity contribution in [3.8, 4) is 5.75 Å². The fourth-order valence-electron chi connectivity index (χ4n) is 2.35. The lowest BCUT2D eigenvalue weighted by molar-refractivity contribution is -0.119. The van der Waals surface area contributed by atoms with E-state index in [-0.39, 0.29) is 5.91 Å². The fourth-order valence-corrected chi connectivity index (χ4v) is 2.35. The van der Waals surface area contributed by atoms with Gasteiger partial charge < -0.3 is 15.0 Å². The zero-order valence-electron chi connectivity index (χ0n) is 14.7. The first-order chi connectivity index (χ1) is 11.6. The second-order valence-electron chi connectivity index (χ2n) is 6.11. The summed E-state index contributed by atoms with van der Waals surface area (Å²) in [6, 6.07) is 17.9. The van der Waals surface area contributed by atoms with Gasteiger partial charge in [0, 0.05) is 12.7 Å². The first-order valence-electron chi connectivity index (χ1n) is 8.32. The number of rotatable bonds is 8. The van der Waals surface area contributed by atoms with Crippen molar-refractivity contribution in [3.05, 3.63) is 60.2 Å². The highest BCUT2D eigenvalue weighted by atomic mass is 16.5. The Balaban J connectivity index is 1.67. The Morgan fingerprint density at radius 2 is 1.75 bits per heavy atom. The molecule has 4 nitrogen and oxygen atoms in total. The lowest BCUT2D eigenvalue weighted by Crippen LogP contribution is -2.37. The molecule has 4 heteroatoms. The summed E-state index contributed by atoms with van der Waals surface area (Å²) in [5.41, 5.74) is 2.31. The summed E-state index contributed by atoms with van der Waals surface area (Å²) in [5, 5.41) is 2.88. The van der Waals surface area contributed by atoms with E-state index in [9.17, 15) is 4.79 Å². The molecule has 0 aliphatic rings. The van der Waals surface area contributed by atoms with Gasteiger partial charge in [0.2, 0.25) is 5.91 Å². The number of para-hydroxylation sites is 1. The topological polar surface area (TPSA) is 41.6 Å². The Morgan fingerprint density at radius 1 is 1.08 bits per heavy atom. The Labute approximate surface area is 144 Å². The molecule has 0 atom stereocenters. The van der Waals surface area contributed by atoms with Gasteiger partial charge in [0.05, 0.1) is 13.1 Å². The van der Waals surface area contributed by atoms with Crippen LogP contribution in [-0.4, -0.2) is 32.7 Å². The molecule has 0 aromatic heterocycles. The lowest BCUT2D eigenvalue weighted by atomic mass is 10.0. The van der Waals surface area contributed by atoms with Gasteiger partial charge in [0.1, 0.15) is 12.4 Å². The van der Waals surface area contributed by atoms with Crippen LogP contribution in [0.1, 0.15) is 25.3 Å². The Morgan fingerprint density at radius 3 is 2.38 bits per heavy atom. The van der Waals surface area contributed by atoms with Crippen LogP contribution < -0.4 is 15.0 Å². The second kappa shape index (κ2) is 8.96. The number of nitrogens with zero attached hydrogens (tertiary/aromatic N) is 1. The summed E-state index contributed by atoms with van der Waals surface area (Å²) in [6.07, 6.45) is 0. The number of hydrogen-bond donors (Lipinski definition) is 1. The molecule has 0 unspecified atom stereocenters. The Bertz CT molecular complexity index is 624. The molecular formula is C20H26N2O2. The molecule has 0 fully saturated rings. The van der Waals surface area contributed by atoms with Gasteiger partial charge in [-0.2, -0.15) is 0 Å². The van der Waals surface area contributed by atoms with Crippen molar-refractivity contribution in [2.45, 2.75) is 19.8 Å². The number of nitrogens with one attached hydrogen (secondary N) is 1. The maximum absolute atomic E-state index is 11.9. The summed E-state index contributed by atoms with van der Waals surface area (Å²) in [6.45, 7) is 5.61. The molecule has 0 aliphatic heterocycles. The van der Waals surface area contributed by atoms with E-state index in [0.29, 0.717) is 25.6 Å². The second-order valence-corrected chi connectivity index (χ2v) is 6.11. The first-order valence-corrected chi connectivity index (χ1v) is 8.32. The molecule has 1 amide bonds. The molecular weight excluding hydrogens is 300 g/mol. The van der Waals surface area contributed by atoms with Crippen molar-refractivity contribution in [1.29, 1.82) is 0 Å². The number of ether oxygens (including phenoxy) is 1. The van der Waals surface area contributed by atoms with Crippen molar-refractivity contribution < 1.29 is 9.53 Å². The van der Waals surface area contributed by atoms with Gasteiger partial charge in [-0.1, -0.05) is 44.2 Å². The van der Waals surface area contributed by atoms with E-state index in [1.165, 1.54) is 5.56 Å². The van der Waals surface area contributed by atoms with E-state index >= 15 is 0 Å². The van der Waals surface area contributed by atoms with Gasteiger partial charge in [-0.3, -0.25) is 4.79 Å². The van der Waals surface area contributed by atoms with Gasteiger partial charge >= 0.3 is 0 Å². The highest BCUT2D eigenvalue weighted by Gasteiger charge is 2.06. The molecule has 0 saturated heterocycles. The molecule has 0 radical (unpaired) electrons. The SMILES string of the molecule is CC(C)c1ccc(OCCNC(=O)CN(C)c2ccccc2)cc1. The van der Waals surface area contributed by atoms with E-state index in [0.717, 1.165) is 11.4 Å². The lowest BCUT2D eigenvalue weighted by Gasteiger charge is -2.18. The number of carbonyl (C=O) groups is 1. The third-order valence-electron chi connectivity index (χ3n) is 3.82. The number of hydrogen-bond acceptors (Lipinski definition) is 3. The van der Waals surface area contributed by atoms with Gasteiger partial charge in [-0.05, 0) is 35.7 Å². The summed E-state index contributed by atoms with van der Waals surface area (Å²) in [5.74, 6) is 1.33. The molecule has 0 bridgehead atoms. The predicted molar refractivity (Wildman–Crippen MR) is 98.7 cm³/mol. The molecule has 2 aromatic carbocycles. The van der Waals surface area contributed by atoms with Crippen LogP contribution in [0.25, 0.3) is 0 Å². The maximum Gasteiger partial charge on any atom is 0.239 e.